The topological polar surface area (TPSA) is 98.2 Å². The molecule has 0 aliphatic carbocycles. The molecule has 0 saturated carbocycles. The van der Waals surface area contributed by atoms with E-state index < -0.39 is 23.9 Å². The number of likely N-dealkylation sites (N-methyl/N-ethyl adjacent to an activating group) is 1. The van der Waals surface area contributed by atoms with Crippen LogP contribution < -0.4 is 0 Å². The highest BCUT2D eigenvalue weighted by atomic mass is 16.4. The van der Waals surface area contributed by atoms with Crippen molar-refractivity contribution in [1.82, 2.24) is 14.7 Å². The second-order valence-electron chi connectivity index (χ2n) is 5.59. The molecule has 1 aromatic carbocycles. The summed E-state index contributed by atoms with van der Waals surface area (Å²) in [5.74, 6) is -1.20. The van der Waals surface area contributed by atoms with Crippen molar-refractivity contribution >= 4 is 23.8 Å². The van der Waals surface area contributed by atoms with Crippen molar-refractivity contribution in [3.63, 3.8) is 0 Å². The Morgan fingerprint density at radius 1 is 1.17 bits per heavy atom. The molecule has 8 nitrogen and oxygen atoms in total. The van der Waals surface area contributed by atoms with Gasteiger partial charge < -0.3 is 10.0 Å². The molecule has 1 saturated heterocycles. The van der Waals surface area contributed by atoms with Gasteiger partial charge in [0.05, 0.1) is 23.7 Å². The van der Waals surface area contributed by atoms with Gasteiger partial charge in [-0.25, -0.2) is 4.79 Å². The molecule has 8 heteroatoms. The molecule has 23 heavy (non-hydrogen) atoms. The Labute approximate surface area is 131 Å². The summed E-state index contributed by atoms with van der Waals surface area (Å²) in [5, 5.41) is 9.07. The number of imide groups is 1. The van der Waals surface area contributed by atoms with Crippen LogP contribution in [0.5, 0.6) is 0 Å². The number of carbonyl (C=O) groups is 4. The number of fused-ring (bicyclic) bond motifs is 1. The van der Waals surface area contributed by atoms with Crippen molar-refractivity contribution in [2.45, 2.75) is 6.04 Å². The first-order valence-electron chi connectivity index (χ1n) is 7.09. The van der Waals surface area contributed by atoms with E-state index >= 15 is 0 Å². The minimum atomic E-state index is -1.20. The first-order chi connectivity index (χ1) is 10.9. The highest BCUT2D eigenvalue weighted by molar-refractivity contribution is 6.21. The van der Waals surface area contributed by atoms with E-state index in [0.29, 0.717) is 11.1 Å². The van der Waals surface area contributed by atoms with E-state index in [2.05, 4.69) is 0 Å². The van der Waals surface area contributed by atoms with Crippen molar-refractivity contribution < 1.29 is 24.3 Å². The van der Waals surface area contributed by atoms with E-state index in [4.69, 9.17) is 5.11 Å². The fraction of sp³-hybridized carbons (Fsp3) is 0.333. The van der Waals surface area contributed by atoms with Crippen LogP contribution >= 0.6 is 0 Å². The van der Waals surface area contributed by atoms with Crippen molar-refractivity contribution in [2.24, 2.45) is 0 Å². The number of benzene rings is 1. The molecule has 1 fully saturated rings. The van der Waals surface area contributed by atoms with Crippen LogP contribution in [0.1, 0.15) is 20.7 Å². The molecule has 1 unspecified atom stereocenters. The van der Waals surface area contributed by atoms with Crippen LogP contribution in [0.15, 0.2) is 24.3 Å². The first kappa shape index (κ1) is 15.0. The van der Waals surface area contributed by atoms with Crippen LogP contribution in [0.2, 0.25) is 0 Å². The average molecular weight is 317 g/mol. The van der Waals surface area contributed by atoms with Crippen LogP contribution in [0.3, 0.4) is 0 Å². The fourth-order valence-electron chi connectivity index (χ4n) is 2.86. The summed E-state index contributed by atoms with van der Waals surface area (Å²) >= 11 is 0. The zero-order chi connectivity index (χ0) is 16.7. The number of rotatable bonds is 2. The maximum atomic E-state index is 12.4. The molecule has 2 heterocycles. The lowest BCUT2D eigenvalue weighted by molar-refractivity contribution is -0.137. The Balaban J connectivity index is 1.82. The van der Waals surface area contributed by atoms with Gasteiger partial charge in [-0.05, 0) is 12.1 Å². The largest absolute Gasteiger partial charge is 0.465 e. The molecule has 0 aromatic heterocycles. The maximum absolute atomic E-state index is 12.4. The molecule has 0 bridgehead atoms. The van der Waals surface area contributed by atoms with Crippen LogP contribution in [-0.2, 0) is 4.79 Å². The molecular formula is C15H15N3O5. The van der Waals surface area contributed by atoms with E-state index in [0.717, 1.165) is 9.80 Å². The predicted molar refractivity (Wildman–Crippen MR) is 78.0 cm³/mol. The summed E-state index contributed by atoms with van der Waals surface area (Å²) in [6.07, 6.45) is -1.20. The quantitative estimate of drug-likeness (QED) is 0.780. The molecule has 0 spiro atoms. The van der Waals surface area contributed by atoms with Crippen molar-refractivity contribution in [1.29, 1.82) is 0 Å². The minimum Gasteiger partial charge on any atom is -0.465 e. The Bertz CT molecular complexity index is 682. The lowest BCUT2D eigenvalue weighted by Crippen LogP contribution is -2.59. The van der Waals surface area contributed by atoms with Gasteiger partial charge in [0.15, 0.2) is 0 Å². The molecule has 3 rings (SSSR count). The Kier molecular flexibility index (Phi) is 3.51. The number of nitrogens with zero attached hydrogens (tertiary/aromatic N) is 3. The number of carbonyl (C=O) groups excluding carboxylic acids is 3. The molecule has 2 aliphatic rings. The van der Waals surface area contributed by atoms with E-state index in [1.54, 1.807) is 31.3 Å². The molecule has 2 aliphatic heterocycles. The first-order valence-corrected chi connectivity index (χ1v) is 7.09. The summed E-state index contributed by atoms with van der Waals surface area (Å²) < 4.78 is 0. The highest BCUT2D eigenvalue weighted by Gasteiger charge is 2.40. The van der Waals surface area contributed by atoms with Gasteiger partial charge in [0.1, 0.15) is 6.54 Å². The monoisotopic (exact) mass is 317 g/mol. The standard InChI is InChI=1S/C15H15N3O5/c1-16-9(6-17(15(22)23)8-12(16)19)7-18-13(20)10-4-2-3-5-11(10)14(18)21/h2-5,9H,6-8H2,1H3,(H,22,23). The molecule has 1 N–H and O–H groups in total. The molecule has 1 atom stereocenters. The third kappa shape index (κ3) is 2.41. The van der Waals surface area contributed by atoms with Crippen molar-refractivity contribution in [3.05, 3.63) is 35.4 Å². The van der Waals surface area contributed by atoms with Gasteiger partial charge in [0.2, 0.25) is 5.91 Å². The Morgan fingerprint density at radius 3 is 2.26 bits per heavy atom. The van der Waals surface area contributed by atoms with E-state index in [-0.39, 0.29) is 25.5 Å². The molecular weight excluding hydrogens is 302 g/mol. The lowest BCUT2D eigenvalue weighted by Gasteiger charge is -2.39. The number of carboxylic acid groups (broad SMARTS) is 1. The lowest BCUT2D eigenvalue weighted by atomic mass is 10.1. The smallest absolute Gasteiger partial charge is 0.407 e. The molecule has 4 amide bonds. The third-order valence-corrected chi connectivity index (χ3v) is 4.24. The number of piperazine rings is 1. The summed E-state index contributed by atoms with van der Waals surface area (Å²) in [7, 11) is 1.55. The summed E-state index contributed by atoms with van der Waals surface area (Å²) in [4.78, 5) is 51.2. The van der Waals surface area contributed by atoms with Gasteiger partial charge >= 0.3 is 6.09 Å². The molecule has 0 radical (unpaired) electrons. The van der Waals surface area contributed by atoms with Crippen LogP contribution in [0.25, 0.3) is 0 Å². The van der Waals surface area contributed by atoms with Gasteiger partial charge in [-0.15, -0.1) is 0 Å². The Hall–Kier alpha value is -2.90. The van der Waals surface area contributed by atoms with E-state index in [1.165, 1.54) is 4.90 Å². The fourth-order valence-corrected chi connectivity index (χ4v) is 2.86. The summed E-state index contributed by atoms with van der Waals surface area (Å²) in [6.45, 7) is -0.187. The van der Waals surface area contributed by atoms with Gasteiger partial charge in [0.25, 0.3) is 11.8 Å². The summed E-state index contributed by atoms with van der Waals surface area (Å²) in [5.41, 5.74) is 0.662. The minimum absolute atomic E-state index is 0.0294. The molecule has 120 valence electrons. The predicted octanol–water partition coefficient (Wildman–Crippen LogP) is 0.103. The van der Waals surface area contributed by atoms with Crippen LogP contribution in [0, 0.1) is 0 Å². The van der Waals surface area contributed by atoms with Crippen molar-refractivity contribution in [2.75, 3.05) is 26.7 Å². The van der Waals surface area contributed by atoms with Crippen molar-refractivity contribution in [3.8, 4) is 0 Å². The van der Waals surface area contributed by atoms with E-state index in [1.807, 2.05) is 0 Å². The maximum Gasteiger partial charge on any atom is 0.407 e. The summed E-state index contributed by atoms with van der Waals surface area (Å²) in [6, 6.07) is 5.95. The second-order valence-corrected chi connectivity index (χ2v) is 5.59. The SMILES string of the molecule is CN1C(=O)CN(C(=O)O)CC1CN1C(=O)c2ccccc2C1=O. The van der Waals surface area contributed by atoms with E-state index in [9.17, 15) is 19.2 Å². The second kappa shape index (κ2) is 5.38. The van der Waals surface area contributed by atoms with Gasteiger partial charge in [-0.1, -0.05) is 12.1 Å². The van der Waals surface area contributed by atoms with Crippen LogP contribution in [0.4, 0.5) is 4.79 Å². The zero-order valence-electron chi connectivity index (χ0n) is 12.4. The highest BCUT2D eigenvalue weighted by Crippen LogP contribution is 2.23. The molecule has 1 aromatic rings. The Morgan fingerprint density at radius 2 is 1.74 bits per heavy atom. The third-order valence-electron chi connectivity index (χ3n) is 4.24. The zero-order valence-corrected chi connectivity index (χ0v) is 12.4. The number of hydrogen-bond donors (Lipinski definition) is 1. The normalized spacial score (nSPS) is 21.0. The van der Waals surface area contributed by atoms with Gasteiger partial charge in [0, 0.05) is 13.6 Å². The average Bonchev–Trinajstić information content (AvgIpc) is 2.76. The van der Waals surface area contributed by atoms with Gasteiger partial charge in [-0.3, -0.25) is 24.2 Å². The number of hydrogen-bond acceptors (Lipinski definition) is 4. The van der Waals surface area contributed by atoms with Crippen LogP contribution in [-0.4, -0.2) is 76.3 Å². The van der Waals surface area contributed by atoms with Gasteiger partial charge in [-0.2, -0.15) is 0 Å². The number of amides is 4.